The highest BCUT2D eigenvalue weighted by atomic mass is 16.5. The Morgan fingerprint density at radius 3 is 2.72 bits per heavy atom. The predicted octanol–water partition coefficient (Wildman–Crippen LogP) is 3.29. The molecule has 1 heterocycles. The summed E-state index contributed by atoms with van der Waals surface area (Å²) < 4.78 is 10.5. The molecule has 0 saturated heterocycles. The fourth-order valence-electron chi connectivity index (χ4n) is 2.72. The third-order valence-corrected chi connectivity index (χ3v) is 4.06. The molecule has 1 N–H and O–H groups in total. The number of ether oxygens (including phenoxy) is 1. The van der Waals surface area contributed by atoms with Gasteiger partial charge in [0.2, 0.25) is 0 Å². The SMILES string of the molecule is CCc1cc(CNC(=O)c2cc3ccccc3oc2=O)ccc1OC. The summed E-state index contributed by atoms with van der Waals surface area (Å²) in [6.45, 7) is 2.36. The van der Waals surface area contributed by atoms with Crippen LogP contribution in [0, 0.1) is 0 Å². The largest absolute Gasteiger partial charge is 0.496 e. The molecule has 0 aliphatic heterocycles. The number of carbonyl (C=O) groups excluding carboxylic acids is 1. The minimum atomic E-state index is -0.639. The molecule has 1 aromatic heterocycles. The van der Waals surface area contributed by atoms with Gasteiger partial charge < -0.3 is 14.5 Å². The molecule has 5 nitrogen and oxygen atoms in total. The Balaban J connectivity index is 1.79. The van der Waals surface area contributed by atoms with Crippen molar-refractivity contribution < 1.29 is 13.9 Å². The lowest BCUT2D eigenvalue weighted by molar-refractivity contribution is 0.0947. The topological polar surface area (TPSA) is 68.5 Å². The van der Waals surface area contributed by atoms with Gasteiger partial charge in [0.25, 0.3) is 5.91 Å². The summed E-state index contributed by atoms with van der Waals surface area (Å²) in [4.78, 5) is 24.4. The zero-order valence-electron chi connectivity index (χ0n) is 14.2. The summed E-state index contributed by atoms with van der Waals surface area (Å²) in [5, 5.41) is 3.48. The van der Waals surface area contributed by atoms with Crippen molar-refractivity contribution >= 4 is 16.9 Å². The number of aryl methyl sites for hydroxylation is 1. The van der Waals surface area contributed by atoms with E-state index in [1.165, 1.54) is 0 Å². The number of methoxy groups -OCH3 is 1. The van der Waals surface area contributed by atoms with Crippen LogP contribution in [0.3, 0.4) is 0 Å². The first-order chi connectivity index (χ1) is 12.1. The van der Waals surface area contributed by atoms with E-state index in [4.69, 9.17) is 9.15 Å². The summed E-state index contributed by atoms with van der Waals surface area (Å²) in [5.74, 6) is 0.376. The Hall–Kier alpha value is -3.08. The second-order valence-corrected chi connectivity index (χ2v) is 5.67. The van der Waals surface area contributed by atoms with E-state index in [0.717, 1.165) is 23.3 Å². The van der Waals surface area contributed by atoms with Crippen LogP contribution in [0.1, 0.15) is 28.4 Å². The van der Waals surface area contributed by atoms with E-state index < -0.39 is 11.5 Å². The normalized spacial score (nSPS) is 10.6. The van der Waals surface area contributed by atoms with E-state index >= 15 is 0 Å². The molecule has 0 aliphatic carbocycles. The van der Waals surface area contributed by atoms with Crippen LogP contribution in [0.15, 0.2) is 57.7 Å². The maximum absolute atomic E-state index is 12.4. The van der Waals surface area contributed by atoms with Crippen molar-refractivity contribution in [1.82, 2.24) is 5.32 Å². The van der Waals surface area contributed by atoms with Gasteiger partial charge in [0.1, 0.15) is 16.9 Å². The summed E-state index contributed by atoms with van der Waals surface area (Å²) >= 11 is 0. The molecule has 1 amide bonds. The van der Waals surface area contributed by atoms with Gasteiger partial charge in [-0.3, -0.25) is 4.79 Å². The van der Waals surface area contributed by atoms with Crippen molar-refractivity contribution in [2.24, 2.45) is 0 Å². The third kappa shape index (κ3) is 3.55. The Morgan fingerprint density at radius 1 is 1.16 bits per heavy atom. The van der Waals surface area contributed by atoms with E-state index in [-0.39, 0.29) is 5.56 Å². The number of nitrogens with one attached hydrogen (secondary N) is 1. The van der Waals surface area contributed by atoms with Gasteiger partial charge in [-0.15, -0.1) is 0 Å². The first-order valence-electron chi connectivity index (χ1n) is 8.09. The number of amides is 1. The first kappa shape index (κ1) is 16.8. The number of hydrogen-bond acceptors (Lipinski definition) is 4. The first-order valence-corrected chi connectivity index (χ1v) is 8.09. The summed E-state index contributed by atoms with van der Waals surface area (Å²) in [7, 11) is 1.63. The highest BCUT2D eigenvalue weighted by Crippen LogP contribution is 2.20. The number of rotatable bonds is 5. The van der Waals surface area contributed by atoms with Gasteiger partial charge in [0.05, 0.1) is 7.11 Å². The number of carbonyl (C=O) groups is 1. The zero-order valence-corrected chi connectivity index (χ0v) is 14.2. The van der Waals surface area contributed by atoms with Crippen molar-refractivity contribution in [3.05, 3.63) is 75.6 Å². The average molecular weight is 337 g/mol. The maximum Gasteiger partial charge on any atom is 0.349 e. The smallest absolute Gasteiger partial charge is 0.349 e. The van der Waals surface area contributed by atoms with E-state index in [1.54, 1.807) is 31.4 Å². The molecule has 2 aromatic carbocycles. The quantitative estimate of drug-likeness (QED) is 0.725. The molecule has 0 bridgehead atoms. The van der Waals surface area contributed by atoms with Crippen LogP contribution < -0.4 is 15.7 Å². The molecule has 0 spiro atoms. The molecular formula is C20H19NO4. The molecule has 3 rings (SSSR count). The fraction of sp³-hybridized carbons (Fsp3) is 0.200. The van der Waals surface area contributed by atoms with E-state index in [0.29, 0.717) is 17.5 Å². The van der Waals surface area contributed by atoms with E-state index in [2.05, 4.69) is 5.32 Å². The van der Waals surface area contributed by atoms with Crippen molar-refractivity contribution in [2.75, 3.05) is 7.11 Å². The second kappa shape index (κ2) is 7.21. The number of hydrogen-bond donors (Lipinski definition) is 1. The van der Waals surface area contributed by atoms with Gasteiger partial charge in [-0.05, 0) is 35.7 Å². The standard InChI is InChI=1S/C20H19NO4/c1-3-14-10-13(8-9-17(14)24-2)12-21-19(22)16-11-15-6-4-5-7-18(15)25-20(16)23/h4-11H,3,12H2,1-2H3,(H,21,22). The Morgan fingerprint density at radius 2 is 1.96 bits per heavy atom. The molecule has 0 aliphatic rings. The third-order valence-electron chi connectivity index (χ3n) is 4.06. The number of benzene rings is 2. The van der Waals surface area contributed by atoms with Gasteiger partial charge in [0.15, 0.2) is 0 Å². The lowest BCUT2D eigenvalue weighted by Crippen LogP contribution is -2.27. The Labute approximate surface area is 145 Å². The molecule has 0 atom stereocenters. The predicted molar refractivity (Wildman–Crippen MR) is 96.0 cm³/mol. The van der Waals surface area contributed by atoms with E-state index in [1.807, 2.05) is 31.2 Å². The molecule has 0 unspecified atom stereocenters. The number of para-hydroxylation sites is 1. The Bertz CT molecular complexity index is 975. The lowest BCUT2D eigenvalue weighted by atomic mass is 10.1. The van der Waals surface area contributed by atoms with Crippen molar-refractivity contribution in [3.63, 3.8) is 0 Å². The molecule has 3 aromatic rings. The summed E-state index contributed by atoms with van der Waals surface area (Å²) in [6, 6.07) is 14.4. The molecule has 128 valence electrons. The summed E-state index contributed by atoms with van der Waals surface area (Å²) in [6.07, 6.45) is 0.833. The molecular weight excluding hydrogens is 318 g/mol. The number of fused-ring (bicyclic) bond motifs is 1. The van der Waals surface area contributed by atoms with Crippen LogP contribution in [-0.4, -0.2) is 13.0 Å². The van der Waals surface area contributed by atoms with Gasteiger partial charge >= 0.3 is 5.63 Å². The van der Waals surface area contributed by atoms with Crippen LogP contribution in [0.2, 0.25) is 0 Å². The molecule has 0 saturated carbocycles. The van der Waals surface area contributed by atoms with Crippen LogP contribution in [0.25, 0.3) is 11.0 Å². The fourth-order valence-corrected chi connectivity index (χ4v) is 2.72. The Kier molecular flexibility index (Phi) is 4.84. The molecule has 0 fully saturated rings. The maximum atomic E-state index is 12.4. The van der Waals surface area contributed by atoms with E-state index in [9.17, 15) is 9.59 Å². The van der Waals surface area contributed by atoms with Crippen LogP contribution in [0.5, 0.6) is 5.75 Å². The average Bonchev–Trinajstić information content (AvgIpc) is 2.65. The van der Waals surface area contributed by atoms with Gasteiger partial charge in [0, 0.05) is 11.9 Å². The van der Waals surface area contributed by atoms with Gasteiger partial charge in [-0.1, -0.05) is 37.3 Å². The van der Waals surface area contributed by atoms with Crippen LogP contribution in [0.4, 0.5) is 0 Å². The monoisotopic (exact) mass is 337 g/mol. The summed E-state index contributed by atoms with van der Waals surface area (Å²) in [5.41, 5.74) is 1.84. The molecule has 25 heavy (non-hydrogen) atoms. The highest BCUT2D eigenvalue weighted by Gasteiger charge is 2.13. The lowest BCUT2D eigenvalue weighted by Gasteiger charge is -2.10. The minimum absolute atomic E-state index is 0.00271. The molecule has 0 radical (unpaired) electrons. The van der Waals surface area contributed by atoms with Crippen molar-refractivity contribution in [1.29, 1.82) is 0 Å². The van der Waals surface area contributed by atoms with Gasteiger partial charge in [-0.25, -0.2) is 4.79 Å². The zero-order chi connectivity index (χ0) is 17.8. The van der Waals surface area contributed by atoms with Gasteiger partial charge in [-0.2, -0.15) is 0 Å². The minimum Gasteiger partial charge on any atom is -0.496 e. The van der Waals surface area contributed by atoms with Crippen LogP contribution >= 0.6 is 0 Å². The highest BCUT2D eigenvalue weighted by molar-refractivity contribution is 5.96. The van der Waals surface area contributed by atoms with Crippen molar-refractivity contribution in [2.45, 2.75) is 19.9 Å². The second-order valence-electron chi connectivity index (χ2n) is 5.67. The molecule has 5 heteroatoms. The van der Waals surface area contributed by atoms with Crippen LogP contribution in [-0.2, 0) is 13.0 Å². The van der Waals surface area contributed by atoms with Crippen molar-refractivity contribution in [3.8, 4) is 5.75 Å².